The maximum atomic E-state index is 13.6. The zero-order valence-corrected chi connectivity index (χ0v) is 32.2. The third-order valence-electron chi connectivity index (χ3n) is 12.8. The Bertz CT molecular complexity index is 1720. The number of hydrogen-bond donors (Lipinski definition) is 1. The highest BCUT2D eigenvalue weighted by molar-refractivity contribution is 7.90. The summed E-state index contributed by atoms with van der Waals surface area (Å²) < 4.78 is 42.8. The zero-order valence-electron chi connectivity index (χ0n) is 30.7. The molecular weight excluding hydrogens is 684 g/mol. The molecule has 0 radical (unpaired) electrons. The molecule has 1 aliphatic carbocycles. The quantitative estimate of drug-likeness (QED) is 0.383. The summed E-state index contributed by atoms with van der Waals surface area (Å²) in [5, 5.41) is -0.0452. The number of anilines is 1. The largest absolute Gasteiger partial charge is 0.487 e. The molecule has 5 aliphatic rings. The average Bonchev–Trinajstić information content (AvgIpc) is 3.61. The van der Waals surface area contributed by atoms with Crippen molar-refractivity contribution in [3.63, 3.8) is 0 Å². The Morgan fingerprint density at radius 1 is 0.980 bits per heavy atom. The molecule has 0 aromatic heterocycles. The van der Waals surface area contributed by atoms with Crippen LogP contribution in [0.15, 0.2) is 48.6 Å². The third kappa shape index (κ3) is 7.72. The van der Waals surface area contributed by atoms with Crippen LogP contribution in [0.5, 0.6) is 5.75 Å². The van der Waals surface area contributed by atoms with E-state index in [0.29, 0.717) is 48.0 Å². The van der Waals surface area contributed by atoms with E-state index in [2.05, 4.69) is 38.6 Å². The number of likely N-dealkylation sites (tertiary alicyclic amines) is 2. The lowest BCUT2D eigenvalue weighted by atomic mass is 9.64. The van der Waals surface area contributed by atoms with Crippen molar-refractivity contribution in [3.05, 3.63) is 70.3 Å². The van der Waals surface area contributed by atoms with E-state index < -0.39 is 26.8 Å². The second kappa shape index (κ2) is 15.0. The van der Waals surface area contributed by atoms with Crippen molar-refractivity contribution in [1.82, 2.24) is 14.5 Å². The fourth-order valence-corrected chi connectivity index (χ4v) is 10.9. The lowest BCUT2D eigenvalue weighted by molar-refractivity contribution is -0.0898. The minimum atomic E-state index is -3.94. The normalized spacial score (nSPS) is 33.8. The van der Waals surface area contributed by atoms with Crippen LogP contribution in [0.2, 0.25) is 5.02 Å². The molecule has 2 bridgehead atoms. The molecule has 2 aromatic rings. The SMILES string of the molecule is CO[C@]1(CN2C[C@H]3CN(C)C[C@H]3C2)/C=C/C[C@H](C)C(C)S(=O)(=O)NC(=O)c2ccc3c(c2)N(CCCCc2cc(Cl)ccc2CO3)C[C@@H]2CC[C@H]21. The number of rotatable bonds is 3. The van der Waals surface area contributed by atoms with Gasteiger partial charge in [0, 0.05) is 63.5 Å². The van der Waals surface area contributed by atoms with Crippen LogP contribution in [0.1, 0.15) is 67.4 Å². The van der Waals surface area contributed by atoms with Crippen LogP contribution in [0.4, 0.5) is 5.69 Å². The molecule has 4 heterocycles. The number of sulfonamides is 1. The summed E-state index contributed by atoms with van der Waals surface area (Å²) in [4.78, 5) is 21.1. The fourth-order valence-electron chi connectivity index (χ4n) is 9.44. The minimum absolute atomic E-state index is 0.207. The number of nitrogens with one attached hydrogen (secondary N) is 1. The van der Waals surface area contributed by atoms with Crippen LogP contribution in [-0.4, -0.2) is 94.9 Å². The molecule has 1 unspecified atom stereocenters. The first-order valence-electron chi connectivity index (χ1n) is 18.9. The summed E-state index contributed by atoms with van der Waals surface area (Å²) in [5.41, 5.74) is 2.93. The molecule has 2 saturated heterocycles. The number of nitrogens with zero attached hydrogens (tertiary/aromatic N) is 3. The predicted octanol–water partition coefficient (Wildman–Crippen LogP) is 6.01. The second-order valence-electron chi connectivity index (χ2n) is 16.1. The van der Waals surface area contributed by atoms with E-state index in [1.165, 1.54) is 5.56 Å². The highest BCUT2D eigenvalue weighted by Gasteiger charge is 2.50. The van der Waals surface area contributed by atoms with E-state index in [9.17, 15) is 13.2 Å². The molecule has 3 fully saturated rings. The molecule has 1 saturated carbocycles. The molecule has 51 heavy (non-hydrogen) atoms. The first kappa shape index (κ1) is 36.7. The molecule has 7 atom stereocenters. The number of carbonyl (C=O) groups excluding carboxylic acids is 1. The van der Waals surface area contributed by atoms with Gasteiger partial charge in [-0.2, -0.15) is 0 Å². The molecule has 11 heteroatoms. The summed E-state index contributed by atoms with van der Waals surface area (Å²) in [6.07, 6.45) is 10.0. The smallest absolute Gasteiger partial charge is 0.264 e. The van der Waals surface area contributed by atoms with Gasteiger partial charge < -0.3 is 19.3 Å². The van der Waals surface area contributed by atoms with Crippen LogP contribution >= 0.6 is 11.6 Å². The number of amides is 1. The maximum Gasteiger partial charge on any atom is 0.264 e. The number of aryl methyl sites for hydroxylation is 1. The number of fused-ring (bicyclic) bond motifs is 4. The van der Waals surface area contributed by atoms with E-state index in [1.807, 2.05) is 44.4 Å². The monoisotopic (exact) mass is 738 g/mol. The highest BCUT2D eigenvalue weighted by Crippen LogP contribution is 2.47. The van der Waals surface area contributed by atoms with Gasteiger partial charge in [0.1, 0.15) is 18.0 Å². The second-order valence-corrected chi connectivity index (χ2v) is 18.6. The summed E-state index contributed by atoms with van der Waals surface area (Å²) >= 11 is 6.40. The van der Waals surface area contributed by atoms with Crippen LogP contribution in [0.25, 0.3) is 0 Å². The Balaban J connectivity index is 1.25. The number of ether oxygens (including phenoxy) is 2. The first-order chi connectivity index (χ1) is 24.4. The van der Waals surface area contributed by atoms with E-state index >= 15 is 0 Å². The molecule has 0 spiro atoms. The van der Waals surface area contributed by atoms with Gasteiger partial charge in [0.15, 0.2) is 0 Å². The summed E-state index contributed by atoms with van der Waals surface area (Å²) in [6, 6.07) is 11.3. The van der Waals surface area contributed by atoms with E-state index in [0.717, 1.165) is 94.2 Å². The number of benzene rings is 2. The van der Waals surface area contributed by atoms with Gasteiger partial charge in [-0.25, -0.2) is 13.1 Å². The Kier molecular flexibility index (Phi) is 10.8. The molecule has 278 valence electrons. The van der Waals surface area contributed by atoms with E-state index in [-0.39, 0.29) is 5.92 Å². The first-order valence-corrected chi connectivity index (χ1v) is 20.9. The highest BCUT2D eigenvalue weighted by atomic mass is 35.5. The lowest BCUT2D eigenvalue weighted by Gasteiger charge is -2.51. The lowest BCUT2D eigenvalue weighted by Crippen LogP contribution is -2.56. The van der Waals surface area contributed by atoms with Crippen molar-refractivity contribution in [2.24, 2.45) is 29.6 Å². The molecule has 4 aliphatic heterocycles. The van der Waals surface area contributed by atoms with E-state index in [1.54, 1.807) is 13.0 Å². The van der Waals surface area contributed by atoms with Crippen LogP contribution in [0, 0.1) is 29.6 Å². The van der Waals surface area contributed by atoms with Gasteiger partial charge in [0.2, 0.25) is 10.0 Å². The minimum Gasteiger partial charge on any atom is -0.487 e. The fraction of sp³-hybridized carbons (Fsp3) is 0.625. The van der Waals surface area contributed by atoms with Crippen molar-refractivity contribution in [2.45, 2.75) is 69.8 Å². The van der Waals surface area contributed by atoms with Crippen molar-refractivity contribution >= 4 is 33.2 Å². The predicted molar refractivity (Wildman–Crippen MR) is 203 cm³/mol. The zero-order chi connectivity index (χ0) is 35.9. The maximum absolute atomic E-state index is 13.6. The van der Waals surface area contributed by atoms with Crippen LogP contribution in [0.3, 0.4) is 0 Å². The van der Waals surface area contributed by atoms with Crippen molar-refractivity contribution in [3.8, 4) is 5.75 Å². The number of carbonyl (C=O) groups is 1. The third-order valence-corrected chi connectivity index (χ3v) is 14.9. The summed E-state index contributed by atoms with van der Waals surface area (Å²) in [5.74, 6) is 1.93. The van der Waals surface area contributed by atoms with Gasteiger partial charge in [-0.1, -0.05) is 36.7 Å². The summed E-state index contributed by atoms with van der Waals surface area (Å²) in [6.45, 7) is 10.9. The molecule has 2 aromatic carbocycles. The number of methoxy groups -OCH3 is 1. The Morgan fingerprint density at radius 2 is 1.76 bits per heavy atom. The van der Waals surface area contributed by atoms with Gasteiger partial charge in [0.25, 0.3) is 5.91 Å². The molecule has 1 N–H and O–H groups in total. The van der Waals surface area contributed by atoms with Gasteiger partial charge in [-0.15, -0.1) is 0 Å². The van der Waals surface area contributed by atoms with Gasteiger partial charge >= 0.3 is 0 Å². The van der Waals surface area contributed by atoms with Gasteiger partial charge in [0.05, 0.1) is 10.9 Å². The standard InChI is InChI=1S/C40H55ClN4O5S/c1-27-8-7-16-40(49-4,26-44-22-33-20-43(3)21-34(33)23-44)36-14-11-31(36)24-45-17-6-5-9-29-18-35(41)13-10-32(29)25-50-38-15-12-30(19-37(38)45)39(46)42-51(47,48)28(27)2/h7,10,12-13,15-16,18-19,27-28,31,33-34,36H,5-6,8-9,11,14,17,20-26H2,1-4H3,(H,42,46)/b16-7+/t27-,28?,31-,33-,34+,36+,40-/m0/s1. The number of allylic oxidation sites excluding steroid dienone is 1. The van der Waals surface area contributed by atoms with Gasteiger partial charge in [-0.05, 0) is 124 Å². The molecule has 7 rings (SSSR count). The Hall–Kier alpha value is -2.63. The summed E-state index contributed by atoms with van der Waals surface area (Å²) in [7, 11) is 0.149. The van der Waals surface area contributed by atoms with Crippen molar-refractivity contribution in [2.75, 3.05) is 64.9 Å². The van der Waals surface area contributed by atoms with E-state index in [4.69, 9.17) is 21.1 Å². The van der Waals surface area contributed by atoms with Crippen molar-refractivity contribution in [1.29, 1.82) is 0 Å². The van der Waals surface area contributed by atoms with Crippen molar-refractivity contribution < 1.29 is 22.7 Å². The topological polar surface area (TPSA) is 91.4 Å². The number of hydrogen-bond acceptors (Lipinski definition) is 8. The average molecular weight is 739 g/mol. The van der Waals surface area contributed by atoms with Crippen LogP contribution < -0.4 is 14.4 Å². The van der Waals surface area contributed by atoms with Crippen LogP contribution in [-0.2, 0) is 27.8 Å². The van der Waals surface area contributed by atoms with Gasteiger partial charge in [-0.3, -0.25) is 9.69 Å². The Labute approximate surface area is 309 Å². The molecule has 9 nitrogen and oxygen atoms in total. The Morgan fingerprint density at radius 3 is 2.49 bits per heavy atom. The molecule has 1 amide bonds. The molecular formula is C40H55ClN4O5S. The number of halogens is 1.